The Hall–Kier alpha value is -3.14. The first-order valence-corrected chi connectivity index (χ1v) is 9.44. The van der Waals surface area contributed by atoms with Gasteiger partial charge in [0.1, 0.15) is 5.82 Å². The van der Waals surface area contributed by atoms with Crippen molar-refractivity contribution in [3.8, 4) is 0 Å². The Labute approximate surface area is 172 Å². The molecule has 0 atom stereocenters. The molecular formula is C20H14F4N2O3S. The van der Waals surface area contributed by atoms with Gasteiger partial charge in [-0.05, 0) is 48.2 Å². The molecule has 156 valence electrons. The molecule has 0 aromatic heterocycles. The molecule has 0 saturated carbocycles. The molecule has 0 spiro atoms. The van der Waals surface area contributed by atoms with Crippen LogP contribution in [0.25, 0.3) is 6.08 Å². The molecule has 10 heteroatoms. The predicted molar refractivity (Wildman–Crippen MR) is 103 cm³/mol. The van der Waals surface area contributed by atoms with E-state index >= 15 is 0 Å². The van der Waals surface area contributed by atoms with Gasteiger partial charge in [-0.2, -0.15) is 13.2 Å². The minimum Gasteiger partial charge on any atom is -0.350 e. The fourth-order valence-corrected chi connectivity index (χ4v) is 3.48. The van der Waals surface area contributed by atoms with Crippen LogP contribution in [0.1, 0.15) is 21.5 Å². The van der Waals surface area contributed by atoms with Crippen LogP contribution in [-0.2, 0) is 11.0 Å². The topological polar surface area (TPSA) is 66.5 Å². The van der Waals surface area contributed by atoms with Crippen LogP contribution < -0.4 is 5.32 Å². The lowest BCUT2D eigenvalue weighted by Gasteiger charge is -2.13. The van der Waals surface area contributed by atoms with Gasteiger partial charge < -0.3 is 5.32 Å². The number of amides is 3. The first-order chi connectivity index (χ1) is 14.2. The van der Waals surface area contributed by atoms with Gasteiger partial charge >= 0.3 is 6.18 Å². The van der Waals surface area contributed by atoms with Gasteiger partial charge in [-0.15, -0.1) is 0 Å². The van der Waals surface area contributed by atoms with E-state index in [1.54, 1.807) is 6.07 Å². The summed E-state index contributed by atoms with van der Waals surface area (Å²) < 4.78 is 51.4. The molecule has 2 aromatic carbocycles. The van der Waals surface area contributed by atoms with Crippen LogP contribution >= 0.6 is 11.8 Å². The average molecular weight is 438 g/mol. The third-order valence-electron chi connectivity index (χ3n) is 4.16. The number of alkyl halides is 3. The summed E-state index contributed by atoms with van der Waals surface area (Å²) in [5, 5.41) is 1.88. The molecule has 1 fully saturated rings. The molecule has 0 aliphatic carbocycles. The standard InChI is InChI=1S/C20H14F4N2O3S/c21-15-4-2-1-3-13(15)11-16-18(28)26(19(29)30-16)10-9-25-17(27)12-5-7-14(8-6-12)20(22,23)24/h1-8,11H,9-10H2,(H,25,27)/b16-11-. The zero-order valence-electron chi connectivity index (χ0n) is 15.2. The van der Waals surface area contributed by atoms with Crippen LogP contribution in [-0.4, -0.2) is 35.0 Å². The van der Waals surface area contributed by atoms with Crippen LogP contribution in [0.15, 0.2) is 53.4 Å². The van der Waals surface area contributed by atoms with Gasteiger partial charge in [-0.25, -0.2) is 4.39 Å². The fraction of sp³-hybridized carbons (Fsp3) is 0.150. The van der Waals surface area contributed by atoms with Crippen LogP contribution in [0.2, 0.25) is 0 Å². The van der Waals surface area contributed by atoms with Gasteiger partial charge in [-0.3, -0.25) is 19.3 Å². The maximum Gasteiger partial charge on any atom is 0.416 e. The van der Waals surface area contributed by atoms with Crippen molar-refractivity contribution in [2.75, 3.05) is 13.1 Å². The fourth-order valence-electron chi connectivity index (χ4n) is 2.62. The van der Waals surface area contributed by atoms with Crippen LogP contribution in [0.4, 0.5) is 22.4 Å². The number of hydrogen-bond donors (Lipinski definition) is 1. The highest BCUT2D eigenvalue weighted by atomic mass is 32.2. The molecule has 1 aliphatic rings. The zero-order valence-corrected chi connectivity index (χ0v) is 16.0. The molecule has 1 saturated heterocycles. The third kappa shape index (κ3) is 4.88. The summed E-state index contributed by atoms with van der Waals surface area (Å²) in [6.45, 7) is -0.226. The van der Waals surface area contributed by atoms with Crippen molar-refractivity contribution in [1.29, 1.82) is 0 Å². The van der Waals surface area contributed by atoms with Gasteiger partial charge in [0.2, 0.25) is 0 Å². The molecule has 3 amide bonds. The van der Waals surface area contributed by atoms with Crippen molar-refractivity contribution in [3.63, 3.8) is 0 Å². The quantitative estimate of drug-likeness (QED) is 0.558. The summed E-state index contributed by atoms with van der Waals surface area (Å²) in [6.07, 6.45) is -3.22. The van der Waals surface area contributed by atoms with E-state index < -0.39 is 34.6 Å². The number of nitrogens with zero attached hydrogens (tertiary/aromatic N) is 1. The Bertz CT molecular complexity index is 1020. The van der Waals surface area contributed by atoms with Crippen LogP contribution in [0.5, 0.6) is 0 Å². The number of nitrogens with one attached hydrogen (secondary N) is 1. The monoisotopic (exact) mass is 438 g/mol. The van der Waals surface area contributed by atoms with Crippen molar-refractivity contribution in [1.82, 2.24) is 10.2 Å². The number of carbonyl (C=O) groups excluding carboxylic acids is 3. The summed E-state index contributed by atoms with van der Waals surface area (Å²) in [7, 11) is 0. The summed E-state index contributed by atoms with van der Waals surface area (Å²) in [5.41, 5.74) is -0.700. The van der Waals surface area contributed by atoms with E-state index in [2.05, 4.69) is 5.32 Å². The SMILES string of the molecule is O=C(NCCN1C(=O)S/C(=C\c2ccccc2F)C1=O)c1ccc(C(F)(F)F)cc1. The van der Waals surface area contributed by atoms with E-state index in [4.69, 9.17) is 0 Å². The molecule has 1 heterocycles. The smallest absolute Gasteiger partial charge is 0.350 e. The molecule has 5 nitrogen and oxygen atoms in total. The highest BCUT2D eigenvalue weighted by molar-refractivity contribution is 8.18. The predicted octanol–water partition coefficient (Wildman–Crippen LogP) is 4.31. The van der Waals surface area contributed by atoms with Crippen LogP contribution in [0, 0.1) is 5.82 Å². The van der Waals surface area contributed by atoms with Crippen molar-refractivity contribution < 1.29 is 31.9 Å². The third-order valence-corrected chi connectivity index (χ3v) is 5.07. The molecule has 2 aromatic rings. The number of benzene rings is 2. The number of thioether (sulfide) groups is 1. The lowest BCUT2D eigenvalue weighted by atomic mass is 10.1. The van der Waals surface area contributed by atoms with Gasteiger partial charge in [-0.1, -0.05) is 18.2 Å². The van der Waals surface area contributed by atoms with Crippen molar-refractivity contribution in [2.24, 2.45) is 0 Å². The normalized spacial score (nSPS) is 15.7. The highest BCUT2D eigenvalue weighted by Gasteiger charge is 2.35. The summed E-state index contributed by atoms with van der Waals surface area (Å²) in [6, 6.07) is 9.44. The molecule has 0 bridgehead atoms. The Kier molecular flexibility index (Phi) is 6.25. The average Bonchev–Trinajstić information content (AvgIpc) is 2.96. The van der Waals surface area contributed by atoms with Gasteiger partial charge in [0.05, 0.1) is 10.5 Å². The first kappa shape index (κ1) is 21.6. The highest BCUT2D eigenvalue weighted by Crippen LogP contribution is 2.32. The van der Waals surface area contributed by atoms with Crippen molar-refractivity contribution >= 4 is 34.9 Å². The molecule has 3 rings (SSSR count). The number of halogens is 4. The molecule has 1 N–H and O–H groups in total. The second kappa shape index (κ2) is 8.70. The lowest BCUT2D eigenvalue weighted by Crippen LogP contribution is -2.37. The summed E-state index contributed by atoms with van der Waals surface area (Å²) >= 11 is 0.657. The first-order valence-electron chi connectivity index (χ1n) is 8.62. The number of hydrogen-bond acceptors (Lipinski definition) is 4. The second-order valence-electron chi connectivity index (χ2n) is 6.19. The van der Waals surface area contributed by atoms with E-state index in [9.17, 15) is 31.9 Å². The summed E-state index contributed by atoms with van der Waals surface area (Å²) in [5.74, 6) is -1.79. The van der Waals surface area contributed by atoms with Crippen LogP contribution in [0.3, 0.4) is 0 Å². The largest absolute Gasteiger partial charge is 0.416 e. The van der Waals surface area contributed by atoms with E-state index in [0.717, 1.165) is 29.2 Å². The zero-order chi connectivity index (χ0) is 21.9. The molecule has 30 heavy (non-hydrogen) atoms. The Morgan fingerprint density at radius 3 is 2.37 bits per heavy atom. The molecule has 0 radical (unpaired) electrons. The number of rotatable bonds is 5. The summed E-state index contributed by atoms with van der Waals surface area (Å²) in [4.78, 5) is 37.5. The van der Waals surface area contributed by atoms with E-state index in [1.165, 1.54) is 24.3 Å². The molecule has 0 unspecified atom stereocenters. The lowest BCUT2D eigenvalue weighted by molar-refractivity contribution is -0.137. The Balaban J connectivity index is 1.58. The molecular weight excluding hydrogens is 424 g/mol. The Morgan fingerprint density at radius 2 is 1.73 bits per heavy atom. The maximum absolute atomic E-state index is 13.7. The van der Waals surface area contributed by atoms with Gasteiger partial charge in [0.15, 0.2) is 0 Å². The Morgan fingerprint density at radius 1 is 1.07 bits per heavy atom. The number of carbonyl (C=O) groups is 3. The molecule has 1 aliphatic heterocycles. The van der Waals surface area contributed by atoms with Gasteiger partial charge in [0, 0.05) is 24.2 Å². The van der Waals surface area contributed by atoms with Gasteiger partial charge in [0.25, 0.3) is 17.1 Å². The minimum absolute atomic E-state index is 0.0107. The number of imide groups is 1. The second-order valence-corrected chi connectivity index (χ2v) is 7.18. The van der Waals surface area contributed by atoms with Crippen molar-refractivity contribution in [2.45, 2.75) is 6.18 Å². The maximum atomic E-state index is 13.7. The van der Waals surface area contributed by atoms with E-state index in [0.29, 0.717) is 11.8 Å². The van der Waals surface area contributed by atoms with E-state index in [1.807, 2.05) is 0 Å². The minimum atomic E-state index is -4.50. The van der Waals surface area contributed by atoms with Crippen molar-refractivity contribution in [3.05, 3.63) is 75.9 Å². The van der Waals surface area contributed by atoms with E-state index in [-0.39, 0.29) is 29.1 Å².